The first kappa shape index (κ1) is 16.7. The molecule has 0 saturated carbocycles. The molecule has 0 radical (unpaired) electrons. The number of carbonyl (C=O) groups excluding carboxylic acids is 1. The van der Waals surface area contributed by atoms with Crippen molar-refractivity contribution in [2.24, 2.45) is 0 Å². The molecule has 0 spiro atoms. The predicted molar refractivity (Wildman–Crippen MR) is 86.8 cm³/mol. The van der Waals surface area contributed by atoms with Gasteiger partial charge < -0.3 is 10.0 Å². The van der Waals surface area contributed by atoms with E-state index in [2.05, 4.69) is 5.10 Å². The maximum atomic E-state index is 12.6. The van der Waals surface area contributed by atoms with Crippen molar-refractivity contribution < 1.29 is 14.7 Å². The first-order chi connectivity index (χ1) is 11.0. The molecular formula is C17H21N3O3. The summed E-state index contributed by atoms with van der Waals surface area (Å²) >= 11 is 0. The second-order valence-electron chi connectivity index (χ2n) is 5.37. The van der Waals surface area contributed by atoms with Gasteiger partial charge in [0.15, 0.2) is 0 Å². The van der Waals surface area contributed by atoms with Crippen molar-refractivity contribution in [3.8, 4) is 5.69 Å². The molecule has 1 aromatic carbocycles. The standard InChI is InChI=1S/C17H21N3O3/c1-3-7-15-14(17(23)19(2)11-10-16(21)22)12-18-20(15)13-8-5-4-6-9-13/h4-6,8-9,12H,3,7,10-11H2,1-2H3,(H,21,22). The van der Waals surface area contributed by atoms with Crippen LogP contribution in [0.15, 0.2) is 36.5 Å². The molecule has 1 amide bonds. The molecule has 0 unspecified atom stereocenters. The fourth-order valence-corrected chi connectivity index (χ4v) is 2.39. The van der Waals surface area contributed by atoms with Gasteiger partial charge in [0.2, 0.25) is 0 Å². The minimum absolute atomic E-state index is 0.0713. The lowest BCUT2D eigenvalue weighted by atomic mass is 10.1. The maximum Gasteiger partial charge on any atom is 0.305 e. The van der Waals surface area contributed by atoms with Gasteiger partial charge in [0.1, 0.15) is 0 Å². The summed E-state index contributed by atoms with van der Waals surface area (Å²) in [4.78, 5) is 24.7. The number of carboxylic acid groups (broad SMARTS) is 1. The molecule has 0 saturated heterocycles. The SMILES string of the molecule is CCCc1c(C(=O)N(C)CCC(=O)O)cnn1-c1ccccc1. The van der Waals surface area contributed by atoms with Gasteiger partial charge in [0.25, 0.3) is 5.91 Å². The molecule has 6 nitrogen and oxygen atoms in total. The lowest BCUT2D eigenvalue weighted by Gasteiger charge is -2.16. The van der Waals surface area contributed by atoms with Crippen LogP contribution in [0, 0.1) is 0 Å². The van der Waals surface area contributed by atoms with E-state index in [-0.39, 0.29) is 18.9 Å². The predicted octanol–water partition coefficient (Wildman–Crippen LogP) is 2.37. The number of carbonyl (C=O) groups is 2. The average molecular weight is 315 g/mol. The van der Waals surface area contributed by atoms with E-state index in [1.54, 1.807) is 17.9 Å². The molecule has 2 rings (SSSR count). The van der Waals surface area contributed by atoms with Gasteiger partial charge in [0, 0.05) is 13.6 Å². The second-order valence-corrected chi connectivity index (χ2v) is 5.37. The van der Waals surface area contributed by atoms with Crippen molar-refractivity contribution >= 4 is 11.9 Å². The van der Waals surface area contributed by atoms with E-state index < -0.39 is 5.97 Å². The minimum Gasteiger partial charge on any atom is -0.481 e. The van der Waals surface area contributed by atoms with Crippen molar-refractivity contribution in [1.29, 1.82) is 0 Å². The van der Waals surface area contributed by atoms with Gasteiger partial charge in [-0.3, -0.25) is 9.59 Å². The Morgan fingerprint density at radius 3 is 2.57 bits per heavy atom. The van der Waals surface area contributed by atoms with E-state index in [9.17, 15) is 9.59 Å². The lowest BCUT2D eigenvalue weighted by molar-refractivity contribution is -0.137. The zero-order valence-electron chi connectivity index (χ0n) is 13.4. The number of aromatic nitrogens is 2. The van der Waals surface area contributed by atoms with E-state index >= 15 is 0 Å². The van der Waals surface area contributed by atoms with Crippen molar-refractivity contribution in [3.05, 3.63) is 47.8 Å². The highest BCUT2D eigenvalue weighted by molar-refractivity contribution is 5.95. The van der Waals surface area contributed by atoms with Crippen LogP contribution in [0.4, 0.5) is 0 Å². The highest BCUT2D eigenvalue weighted by Gasteiger charge is 2.21. The fraction of sp³-hybridized carbons (Fsp3) is 0.353. The van der Waals surface area contributed by atoms with Crippen molar-refractivity contribution in [2.75, 3.05) is 13.6 Å². The number of rotatable bonds is 7. The molecule has 1 N–H and O–H groups in total. The molecule has 0 fully saturated rings. The molecule has 122 valence electrons. The summed E-state index contributed by atoms with van der Waals surface area (Å²) in [5.74, 6) is -1.12. The lowest BCUT2D eigenvalue weighted by Crippen LogP contribution is -2.29. The molecule has 0 aliphatic carbocycles. The number of benzene rings is 1. The Labute approximate surface area is 135 Å². The molecule has 1 heterocycles. The largest absolute Gasteiger partial charge is 0.481 e. The van der Waals surface area contributed by atoms with E-state index in [4.69, 9.17) is 5.11 Å². The summed E-state index contributed by atoms with van der Waals surface area (Å²) in [7, 11) is 1.61. The second kappa shape index (κ2) is 7.58. The number of nitrogens with zero attached hydrogens (tertiary/aromatic N) is 3. The van der Waals surface area contributed by atoms with Crippen LogP contribution in [0.25, 0.3) is 5.69 Å². The van der Waals surface area contributed by atoms with Gasteiger partial charge >= 0.3 is 5.97 Å². The highest BCUT2D eigenvalue weighted by atomic mass is 16.4. The van der Waals surface area contributed by atoms with E-state index in [1.165, 1.54) is 4.90 Å². The van der Waals surface area contributed by atoms with E-state index in [0.29, 0.717) is 5.56 Å². The number of para-hydroxylation sites is 1. The molecule has 2 aromatic rings. The summed E-state index contributed by atoms with van der Waals surface area (Å²) in [6.07, 6.45) is 3.11. The molecule has 0 aliphatic rings. The van der Waals surface area contributed by atoms with Gasteiger partial charge in [-0.05, 0) is 18.6 Å². The van der Waals surface area contributed by atoms with Crippen LogP contribution in [0.5, 0.6) is 0 Å². The maximum absolute atomic E-state index is 12.6. The van der Waals surface area contributed by atoms with Crippen LogP contribution in [0.1, 0.15) is 35.8 Å². The zero-order chi connectivity index (χ0) is 16.8. The van der Waals surface area contributed by atoms with Crippen LogP contribution < -0.4 is 0 Å². The Balaban J connectivity index is 2.30. The third-order valence-electron chi connectivity index (χ3n) is 3.59. The highest BCUT2D eigenvalue weighted by Crippen LogP contribution is 2.18. The summed E-state index contributed by atoms with van der Waals surface area (Å²) < 4.78 is 1.78. The number of hydrogen-bond acceptors (Lipinski definition) is 3. The normalized spacial score (nSPS) is 10.5. The first-order valence-electron chi connectivity index (χ1n) is 7.64. The van der Waals surface area contributed by atoms with Crippen LogP contribution in [-0.4, -0.2) is 45.3 Å². The van der Waals surface area contributed by atoms with E-state index in [0.717, 1.165) is 24.2 Å². The fourth-order valence-electron chi connectivity index (χ4n) is 2.39. The van der Waals surface area contributed by atoms with Gasteiger partial charge in [-0.15, -0.1) is 0 Å². The van der Waals surface area contributed by atoms with Crippen molar-refractivity contribution in [2.45, 2.75) is 26.2 Å². The Morgan fingerprint density at radius 2 is 1.96 bits per heavy atom. The topological polar surface area (TPSA) is 75.4 Å². The third-order valence-corrected chi connectivity index (χ3v) is 3.59. The third kappa shape index (κ3) is 3.97. The zero-order valence-corrected chi connectivity index (χ0v) is 13.4. The monoisotopic (exact) mass is 315 g/mol. The molecule has 23 heavy (non-hydrogen) atoms. The Bertz CT molecular complexity index is 680. The summed E-state index contributed by atoms with van der Waals surface area (Å²) in [5.41, 5.74) is 2.29. The van der Waals surface area contributed by atoms with E-state index in [1.807, 2.05) is 37.3 Å². The molecule has 0 bridgehead atoms. The number of hydrogen-bond donors (Lipinski definition) is 1. The van der Waals surface area contributed by atoms with Crippen molar-refractivity contribution in [1.82, 2.24) is 14.7 Å². The first-order valence-corrected chi connectivity index (χ1v) is 7.64. The Morgan fingerprint density at radius 1 is 1.26 bits per heavy atom. The average Bonchev–Trinajstić information content (AvgIpc) is 2.96. The molecule has 6 heteroatoms. The van der Waals surface area contributed by atoms with Crippen molar-refractivity contribution in [3.63, 3.8) is 0 Å². The Hall–Kier alpha value is -2.63. The summed E-state index contributed by atoms with van der Waals surface area (Å²) in [5, 5.41) is 13.1. The number of aliphatic carboxylic acids is 1. The molecule has 0 atom stereocenters. The number of carboxylic acids is 1. The molecule has 1 aromatic heterocycles. The quantitative estimate of drug-likeness (QED) is 0.851. The van der Waals surface area contributed by atoms with Crippen LogP contribution >= 0.6 is 0 Å². The summed E-state index contributed by atoms with van der Waals surface area (Å²) in [6.45, 7) is 2.22. The smallest absolute Gasteiger partial charge is 0.305 e. The molecular weight excluding hydrogens is 294 g/mol. The van der Waals surface area contributed by atoms with Gasteiger partial charge in [0.05, 0.1) is 29.6 Å². The van der Waals surface area contributed by atoms with Gasteiger partial charge in [-0.2, -0.15) is 5.10 Å². The van der Waals surface area contributed by atoms with Crippen LogP contribution in [0.2, 0.25) is 0 Å². The van der Waals surface area contributed by atoms with Crippen LogP contribution in [-0.2, 0) is 11.2 Å². The minimum atomic E-state index is -0.918. The van der Waals surface area contributed by atoms with Gasteiger partial charge in [-0.25, -0.2) is 4.68 Å². The van der Waals surface area contributed by atoms with Crippen LogP contribution in [0.3, 0.4) is 0 Å². The summed E-state index contributed by atoms with van der Waals surface area (Å²) in [6, 6.07) is 9.65. The Kier molecular flexibility index (Phi) is 5.51. The number of amides is 1. The van der Waals surface area contributed by atoms with Gasteiger partial charge in [-0.1, -0.05) is 31.5 Å². The molecule has 0 aliphatic heterocycles.